The van der Waals surface area contributed by atoms with Gasteiger partial charge in [0.05, 0.1) is 20.9 Å². The van der Waals surface area contributed by atoms with Crippen LogP contribution in [0.1, 0.15) is 11.1 Å². The van der Waals surface area contributed by atoms with Gasteiger partial charge in [-0.15, -0.1) is 6.58 Å². The number of fused-ring (bicyclic) bond motifs is 1. The first kappa shape index (κ1) is 23.1. The molecule has 1 aliphatic heterocycles. The van der Waals surface area contributed by atoms with Crippen LogP contribution in [-0.2, 0) is 27.5 Å². The van der Waals surface area contributed by atoms with Crippen molar-refractivity contribution in [1.29, 1.82) is 0 Å². The first-order valence-corrected chi connectivity index (χ1v) is 12.7. The van der Waals surface area contributed by atoms with Crippen LogP contribution in [0.25, 0.3) is 0 Å². The molecule has 4 rings (SSSR count). The number of nitrogens with zero attached hydrogens (tertiary/aromatic N) is 2. The maximum atomic E-state index is 13.4. The van der Waals surface area contributed by atoms with Gasteiger partial charge in [-0.1, -0.05) is 35.3 Å². The number of aliphatic carboxylic acids is 1. The number of carboxylic acid groups (broad SMARTS) is 1. The van der Waals surface area contributed by atoms with Crippen molar-refractivity contribution in [2.45, 2.75) is 23.1 Å². The van der Waals surface area contributed by atoms with E-state index in [0.717, 1.165) is 16.8 Å². The Hall–Kier alpha value is -2.06. The summed E-state index contributed by atoms with van der Waals surface area (Å²) in [6, 6.07) is 10.4. The van der Waals surface area contributed by atoms with Gasteiger partial charge in [0.1, 0.15) is 5.37 Å². The lowest BCUT2D eigenvalue weighted by Gasteiger charge is -2.39. The highest BCUT2D eigenvalue weighted by Crippen LogP contribution is 2.32. The lowest BCUT2D eigenvalue weighted by atomic mass is 10.1. The Kier molecular flexibility index (Phi) is 6.54. The van der Waals surface area contributed by atoms with Gasteiger partial charge in [0.15, 0.2) is 9.84 Å². The minimum Gasteiger partial charge on any atom is -0.481 e. The van der Waals surface area contributed by atoms with Gasteiger partial charge in [-0.2, -0.15) is 0 Å². The Labute approximate surface area is 198 Å². The molecule has 0 amide bonds. The number of benzene rings is 2. The Morgan fingerprint density at radius 2 is 1.72 bits per heavy atom. The van der Waals surface area contributed by atoms with E-state index in [0.29, 0.717) is 49.1 Å². The van der Waals surface area contributed by atoms with Crippen molar-refractivity contribution in [2.75, 3.05) is 31.1 Å². The highest BCUT2D eigenvalue weighted by Gasteiger charge is 2.34. The number of carboxylic acids is 1. The average molecular weight is 495 g/mol. The van der Waals surface area contributed by atoms with Crippen molar-refractivity contribution in [2.24, 2.45) is 5.92 Å². The maximum absolute atomic E-state index is 13.4. The van der Waals surface area contributed by atoms with Gasteiger partial charge in [0, 0.05) is 31.9 Å². The normalized spacial score (nSPS) is 20.1. The summed E-state index contributed by atoms with van der Waals surface area (Å²) in [7, 11) is -3.70. The highest BCUT2D eigenvalue weighted by atomic mass is 35.5. The molecule has 2 aromatic rings. The molecule has 1 aliphatic carbocycles. The van der Waals surface area contributed by atoms with Crippen molar-refractivity contribution in [3.63, 3.8) is 0 Å². The third-order valence-corrected chi connectivity index (χ3v) is 9.03. The molecule has 32 heavy (non-hydrogen) atoms. The first-order valence-electron chi connectivity index (χ1n) is 10.4. The van der Waals surface area contributed by atoms with Crippen LogP contribution in [0.15, 0.2) is 53.9 Å². The van der Waals surface area contributed by atoms with Crippen LogP contribution in [0.4, 0.5) is 5.69 Å². The maximum Gasteiger partial charge on any atom is 0.307 e. The number of rotatable bonds is 6. The molecule has 2 aliphatic rings. The van der Waals surface area contributed by atoms with E-state index in [2.05, 4.69) is 11.5 Å². The molecule has 1 fully saturated rings. The number of sulfone groups is 1. The van der Waals surface area contributed by atoms with Crippen LogP contribution in [0.3, 0.4) is 0 Å². The Morgan fingerprint density at radius 3 is 2.34 bits per heavy atom. The van der Waals surface area contributed by atoms with Crippen LogP contribution in [0.5, 0.6) is 0 Å². The predicted molar refractivity (Wildman–Crippen MR) is 126 cm³/mol. The molecular weight excluding hydrogens is 471 g/mol. The van der Waals surface area contributed by atoms with Gasteiger partial charge in [-0.3, -0.25) is 9.69 Å². The van der Waals surface area contributed by atoms with Crippen LogP contribution in [0, 0.1) is 5.92 Å². The van der Waals surface area contributed by atoms with Crippen LogP contribution in [0.2, 0.25) is 10.0 Å². The molecule has 0 radical (unpaired) electrons. The van der Waals surface area contributed by atoms with Crippen molar-refractivity contribution >= 4 is 44.7 Å². The highest BCUT2D eigenvalue weighted by molar-refractivity contribution is 7.92. The molecule has 2 atom stereocenters. The van der Waals surface area contributed by atoms with E-state index in [1.165, 1.54) is 6.08 Å². The quantitative estimate of drug-likeness (QED) is 0.613. The second-order valence-corrected chi connectivity index (χ2v) is 11.0. The number of halogens is 2. The fourth-order valence-corrected chi connectivity index (χ4v) is 6.47. The smallest absolute Gasteiger partial charge is 0.307 e. The minimum absolute atomic E-state index is 0.208. The van der Waals surface area contributed by atoms with Crippen molar-refractivity contribution in [3.8, 4) is 0 Å². The molecule has 2 aromatic carbocycles. The molecular formula is C23H24Cl2N2O4S. The van der Waals surface area contributed by atoms with Crippen molar-refractivity contribution < 1.29 is 18.3 Å². The molecule has 2 unspecified atom stereocenters. The molecule has 1 N–H and O–H groups in total. The van der Waals surface area contributed by atoms with Gasteiger partial charge in [0.25, 0.3) is 0 Å². The Bertz CT molecular complexity index is 1160. The molecule has 9 heteroatoms. The van der Waals surface area contributed by atoms with E-state index in [4.69, 9.17) is 23.2 Å². The summed E-state index contributed by atoms with van der Waals surface area (Å²) in [5.41, 5.74) is 2.65. The molecule has 0 saturated carbocycles. The molecule has 1 saturated heterocycles. The summed E-state index contributed by atoms with van der Waals surface area (Å²) >= 11 is 12.1. The lowest BCUT2D eigenvalue weighted by Crippen LogP contribution is -2.52. The van der Waals surface area contributed by atoms with E-state index < -0.39 is 27.1 Å². The van der Waals surface area contributed by atoms with Gasteiger partial charge in [-0.05, 0) is 54.3 Å². The van der Waals surface area contributed by atoms with Gasteiger partial charge in [-0.25, -0.2) is 8.42 Å². The number of hydrogen-bond acceptors (Lipinski definition) is 5. The standard InChI is InChI=1S/C23H24Cl2N2O4S/c1-2-22(27-9-7-26(8-10-27)18-4-6-20(24)21(25)14-18)32(30,31)19-5-3-15-11-17(23(28)29)12-16(15)13-19/h2-6,13-14,17,22H,1,7-12H2,(H,28,29). The van der Waals surface area contributed by atoms with Crippen LogP contribution in [-0.4, -0.2) is 55.9 Å². The van der Waals surface area contributed by atoms with Crippen LogP contribution < -0.4 is 4.90 Å². The van der Waals surface area contributed by atoms with E-state index in [1.54, 1.807) is 24.3 Å². The lowest BCUT2D eigenvalue weighted by molar-refractivity contribution is -0.141. The fourth-order valence-electron chi connectivity index (χ4n) is 4.47. The summed E-state index contributed by atoms with van der Waals surface area (Å²) in [5, 5.41) is 9.42. The zero-order valence-corrected chi connectivity index (χ0v) is 19.7. The van der Waals surface area contributed by atoms with E-state index in [-0.39, 0.29) is 4.90 Å². The van der Waals surface area contributed by atoms with Crippen LogP contribution >= 0.6 is 23.2 Å². The van der Waals surface area contributed by atoms with E-state index >= 15 is 0 Å². The SMILES string of the molecule is C=CC(N1CCN(c2ccc(Cl)c(Cl)c2)CC1)S(=O)(=O)c1ccc2c(c1)CC(C(=O)O)C2. The van der Waals surface area contributed by atoms with Gasteiger partial charge in [0.2, 0.25) is 0 Å². The molecule has 1 heterocycles. The zero-order valence-electron chi connectivity index (χ0n) is 17.4. The number of piperazine rings is 1. The third kappa shape index (κ3) is 4.39. The molecule has 0 aromatic heterocycles. The first-order chi connectivity index (χ1) is 15.2. The third-order valence-electron chi connectivity index (χ3n) is 6.25. The van der Waals surface area contributed by atoms with E-state index in [1.807, 2.05) is 17.0 Å². The molecule has 0 spiro atoms. The second kappa shape index (κ2) is 9.06. The summed E-state index contributed by atoms with van der Waals surface area (Å²) in [5.74, 6) is -1.35. The average Bonchev–Trinajstić information content (AvgIpc) is 3.20. The summed E-state index contributed by atoms with van der Waals surface area (Å²) < 4.78 is 26.9. The van der Waals surface area contributed by atoms with E-state index in [9.17, 15) is 18.3 Å². The predicted octanol–water partition coefficient (Wildman–Crippen LogP) is 3.90. The zero-order chi connectivity index (χ0) is 23.0. The number of carbonyl (C=O) groups is 1. The largest absolute Gasteiger partial charge is 0.481 e. The Morgan fingerprint density at radius 1 is 1.03 bits per heavy atom. The summed E-state index contributed by atoms with van der Waals surface area (Å²) in [6.45, 7) is 6.16. The molecule has 170 valence electrons. The monoisotopic (exact) mass is 494 g/mol. The fraction of sp³-hybridized carbons (Fsp3) is 0.348. The number of hydrogen-bond donors (Lipinski definition) is 1. The topological polar surface area (TPSA) is 77.9 Å². The minimum atomic E-state index is -3.70. The number of anilines is 1. The molecule has 6 nitrogen and oxygen atoms in total. The van der Waals surface area contributed by atoms with Crippen molar-refractivity contribution in [1.82, 2.24) is 4.90 Å². The second-order valence-electron chi connectivity index (χ2n) is 8.17. The summed E-state index contributed by atoms with van der Waals surface area (Å²) in [6.07, 6.45) is 2.26. The summed E-state index contributed by atoms with van der Waals surface area (Å²) in [4.78, 5) is 15.6. The van der Waals surface area contributed by atoms with Gasteiger partial charge >= 0.3 is 5.97 Å². The molecule has 0 bridgehead atoms. The Balaban J connectivity index is 1.49. The van der Waals surface area contributed by atoms with Gasteiger partial charge < -0.3 is 10.0 Å². The van der Waals surface area contributed by atoms with Crippen molar-refractivity contribution in [3.05, 3.63) is 70.2 Å².